The summed E-state index contributed by atoms with van der Waals surface area (Å²) in [7, 11) is 0. The second-order valence-corrected chi connectivity index (χ2v) is 7.06. The third kappa shape index (κ3) is 6.22. The molecular formula is C19H29ClN4O3. The summed E-state index contributed by atoms with van der Waals surface area (Å²) in [6.07, 6.45) is 2.09. The maximum Gasteiger partial charge on any atom is 0.253 e. The zero-order valence-corrected chi connectivity index (χ0v) is 16.9. The van der Waals surface area contributed by atoms with Crippen LogP contribution in [-0.2, 0) is 9.59 Å². The predicted octanol–water partition coefficient (Wildman–Crippen LogP) is 1.69. The van der Waals surface area contributed by atoms with E-state index in [2.05, 4.69) is 10.6 Å². The van der Waals surface area contributed by atoms with Crippen LogP contribution in [0.2, 0.25) is 0 Å². The highest BCUT2D eigenvalue weighted by molar-refractivity contribution is 5.98. The summed E-state index contributed by atoms with van der Waals surface area (Å²) < 4.78 is 0. The molecular weight excluding hydrogens is 368 g/mol. The number of benzene rings is 1. The van der Waals surface area contributed by atoms with Crippen LogP contribution in [0, 0.1) is 12.8 Å². The minimum atomic E-state index is -0.639. The number of anilines is 1. The Labute approximate surface area is 166 Å². The summed E-state index contributed by atoms with van der Waals surface area (Å²) >= 11 is 0. The van der Waals surface area contributed by atoms with Gasteiger partial charge in [0.15, 0.2) is 0 Å². The number of nitrogens with zero attached hydrogens (tertiary/aromatic N) is 1. The van der Waals surface area contributed by atoms with Gasteiger partial charge in [-0.15, -0.1) is 12.4 Å². The van der Waals surface area contributed by atoms with Crippen molar-refractivity contribution in [2.24, 2.45) is 11.7 Å². The van der Waals surface area contributed by atoms with Gasteiger partial charge in [-0.2, -0.15) is 0 Å². The van der Waals surface area contributed by atoms with Crippen LogP contribution in [0.4, 0.5) is 5.69 Å². The van der Waals surface area contributed by atoms with E-state index in [-0.39, 0.29) is 42.6 Å². The molecule has 3 amide bonds. The third-order valence-corrected chi connectivity index (χ3v) is 4.58. The molecule has 0 bridgehead atoms. The normalized spacial score (nSPS) is 14.5. The number of nitrogens with two attached hydrogens (primary N) is 1. The van der Waals surface area contributed by atoms with E-state index in [1.165, 1.54) is 0 Å². The lowest BCUT2D eigenvalue weighted by Crippen LogP contribution is -2.46. The van der Waals surface area contributed by atoms with Gasteiger partial charge in [-0.3, -0.25) is 14.4 Å². The Balaban J connectivity index is 0.00000364. The molecule has 0 aliphatic carbocycles. The lowest BCUT2D eigenvalue weighted by Gasteiger charge is -2.17. The monoisotopic (exact) mass is 396 g/mol. The molecule has 4 N–H and O–H groups in total. The topological polar surface area (TPSA) is 105 Å². The number of hydrogen-bond donors (Lipinski definition) is 3. The summed E-state index contributed by atoms with van der Waals surface area (Å²) in [5, 5.41) is 5.28. The summed E-state index contributed by atoms with van der Waals surface area (Å²) in [6, 6.07) is 4.58. The number of rotatable bonds is 6. The molecule has 0 aromatic heterocycles. The van der Waals surface area contributed by atoms with Gasteiger partial charge in [-0.1, -0.05) is 13.8 Å². The molecule has 1 aliphatic heterocycles. The zero-order valence-electron chi connectivity index (χ0n) is 16.1. The van der Waals surface area contributed by atoms with Crippen LogP contribution in [0.15, 0.2) is 18.2 Å². The highest BCUT2D eigenvalue weighted by atomic mass is 35.5. The smallest absolute Gasteiger partial charge is 0.253 e. The first kappa shape index (κ1) is 22.9. The van der Waals surface area contributed by atoms with Crippen molar-refractivity contribution in [3.8, 4) is 0 Å². The van der Waals surface area contributed by atoms with Crippen LogP contribution in [-0.4, -0.2) is 48.3 Å². The van der Waals surface area contributed by atoms with Crippen LogP contribution in [0.3, 0.4) is 0 Å². The van der Waals surface area contributed by atoms with Crippen molar-refractivity contribution < 1.29 is 14.4 Å². The van der Waals surface area contributed by atoms with E-state index in [4.69, 9.17) is 5.73 Å². The molecule has 1 aromatic carbocycles. The largest absolute Gasteiger partial charge is 0.346 e. The molecule has 0 radical (unpaired) electrons. The van der Waals surface area contributed by atoms with Crippen molar-refractivity contribution in [2.45, 2.75) is 39.7 Å². The van der Waals surface area contributed by atoms with Gasteiger partial charge in [0.25, 0.3) is 5.91 Å². The van der Waals surface area contributed by atoms with E-state index in [1.807, 2.05) is 25.7 Å². The van der Waals surface area contributed by atoms with Crippen molar-refractivity contribution in [3.63, 3.8) is 0 Å². The summed E-state index contributed by atoms with van der Waals surface area (Å²) in [6.45, 7) is 6.98. The number of aryl methyl sites for hydroxylation is 1. The number of hydrogen-bond acceptors (Lipinski definition) is 4. The van der Waals surface area contributed by atoms with E-state index in [9.17, 15) is 14.4 Å². The van der Waals surface area contributed by atoms with Crippen molar-refractivity contribution in [3.05, 3.63) is 29.3 Å². The number of likely N-dealkylation sites (tertiary alicyclic amines) is 1. The fraction of sp³-hybridized carbons (Fsp3) is 0.526. The molecule has 0 saturated carbocycles. The summed E-state index contributed by atoms with van der Waals surface area (Å²) in [5.74, 6) is -0.658. The maximum atomic E-state index is 12.4. The molecule has 1 fully saturated rings. The fourth-order valence-electron chi connectivity index (χ4n) is 2.82. The van der Waals surface area contributed by atoms with Gasteiger partial charge in [0.05, 0.1) is 12.6 Å². The Morgan fingerprint density at radius 2 is 1.81 bits per heavy atom. The zero-order chi connectivity index (χ0) is 19.3. The van der Waals surface area contributed by atoms with E-state index in [1.54, 1.807) is 18.2 Å². The second-order valence-electron chi connectivity index (χ2n) is 7.06. The van der Waals surface area contributed by atoms with Crippen LogP contribution in [0.1, 0.15) is 42.6 Å². The fourth-order valence-corrected chi connectivity index (χ4v) is 2.82. The van der Waals surface area contributed by atoms with E-state index in [0.717, 1.165) is 31.5 Å². The number of carbonyl (C=O) groups is 3. The molecule has 1 saturated heterocycles. The molecule has 1 atom stereocenters. The minimum Gasteiger partial charge on any atom is -0.346 e. The lowest BCUT2D eigenvalue weighted by atomic mass is 10.1. The molecule has 8 heteroatoms. The third-order valence-electron chi connectivity index (χ3n) is 4.58. The first-order valence-corrected chi connectivity index (χ1v) is 9.02. The van der Waals surface area contributed by atoms with Crippen LogP contribution < -0.4 is 16.4 Å². The molecule has 7 nitrogen and oxygen atoms in total. The van der Waals surface area contributed by atoms with Gasteiger partial charge in [-0.25, -0.2) is 0 Å². The molecule has 1 aliphatic rings. The molecule has 2 rings (SSSR count). The van der Waals surface area contributed by atoms with Gasteiger partial charge in [0, 0.05) is 24.3 Å². The first-order valence-electron chi connectivity index (χ1n) is 9.02. The standard InChI is InChI=1S/C19H28N4O3.ClH/c1-12(2)17(20)18(25)21-11-16(24)22-15-7-6-14(10-13(15)3)19(26)23-8-4-5-9-23;/h6-7,10,12,17H,4-5,8-9,11,20H2,1-3H3,(H,21,25)(H,22,24);1H/t17-;/m0./s1. The predicted molar refractivity (Wildman–Crippen MR) is 108 cm³/mol. The van der Waals surface area contributed by atoms with Crippen LogP contribution >= 0.6 is 12.4 Å². The van der Waals surface area contributed by atoms with Crippen molar-refractivity contribution >= 4 is 35.8 Å². The maximum absolute atomic E-state index is 12.4. The Morgan fingerprint density at radius 1 is 1.19 bits per heavy atom. The summed E-state index contributed by atoms with van der Waals surface area (Å²) in [5.41, 5.74) is 7.78. The lowest BCUT2D eigenvalue weighted by molar-refractivity contribution is -0.125. The van der Waals surface area contributed by atoms with Gasteiger partial charge < -0.3 is 21.3 Å². The van der Waals surface area contributed by atoms with E-state index >= 15 is 0 Å². The van der Waals surface area contributed by atoms with Crippen molar-refractivity contribution in [2.75, 3.05) is 25.0 Å². The van der Waals surface area contributed by atoms with Crippen LogP contribution in [0.25, 0.3) is 0 Å². The Morgan fingerprint density at radius 3 is 2.37 bits per heavy atom. The number of nitrogens with one attached hydrogen (secondary N) is 2. The SMILES string of the molecule is Cc1cc(C(=O)N2CCCC2)ccc1NC(=O)CNC(=O)[C@@H](N)C(C)C.Cl. The summed E-state index contributed by atoms with van der Waals surface area (Å²) in [4.78, 5) is 38.1. The molecule has 1 heterocycles. The first-order chi connectivity index (χ1) is 12.3. The number of halogens is 1. The van der Waals surface area contributed by atoms with Crippen molar-refractivity contribution in [1.82, 2.24) is 10.2 Å². The van der Waals surface area contributed by atoms with Gasteiger partial charge in [0.1, 0.15) is 0 Å². The molecule has 150 valence electrons. The Kier molecular flexibility index (Phi) is 8.72. The minimum absolute atomic E-state index is 0. The average molecular weight is 397 g/mol. The molecule has 0 spiro atoms. The Hall–Kier alpha value is -2.12. The highest BCUT2D eigenvalue weighted by Crippen LogP contribution is 2.19. The number of amides is 3. The van der Waals surface area contributed by atoms with Crippen molar-refractivity contribution in [1.29, 1.82) is 0 Å². The van der Waals surface area contributed by atoms with Gasteiger partial charge in [-0.05, 0) is 49.4 Å². The van der Waals surface area contributed by atoms with E-state index in [0.29, 0.717) is 11.3 Å². The highest BCUT2D eigenvalue weighted by Gasteiger charge is 2.20. The quantitative estimate of drug-likeness (QED) is 0.680. The Bertz CT molecular complexity index is 688. The second kappa shape index (κ2) is 10.3. The average Bonchev–Trinajstić information content (AvgIpc) is 3.14. The van der Waals surface area contributed by atoms with Crippen LogP contribution in [0.5, 0.6) is 0 Å². The molecule has 0 unspecified atom stereocenters. The van der Waals surface area contributed by atoms with Gasteiger partial charge >= 0.3 is 0 Å². The van der Waals surface area contributed by atoms with E-state index < -0.39 is 6.04 Å². The molecule has 27 heavy (non-hydrogen) atoms. The molecule has 1 aromatic rings. The number of carbonyl (C=O) groups excluding carboxylic acids is 3. The van der Waals surface area contributed by atoms with Gasteiger partial charge in [0.2, 0.25) is 11.8 Å².